The van der Waals surface area contributed by atoms with Gasteiger partial charge in [-0.15, -0.1) is 0 Å². The molecule has 0 spiro atoms. The number of carbonyl (C=O) groups excluding carboxylic acids is 5. The molecule has 0 aliphatic heterocycles. The van der Waals surface area contributed by atoms with Gasteiger partial charge in [-0.25, -0.2) is 9.59 Å². The van der Waals surface area contributed by atoms with Crippen LogP contribution in [-0.4, -0.2) is 59.2 Å². The molecular weight excluding hydrogens is 700 g/mol. The molecule has 0 aliphatic carbocycles. The topological polar surface area (TPSA) is 197 Å². The average Bonchev–Trinajstić information content (AvgIpc) is 3.18. The van der Waals surface area contributed by atoms with Crippen molar-refractivity contribution in [3.05, 3.63) is 119 Å². The quantitative estimate of drug-likeness (QED) is 0.0676. The van der Waals surface area contributed by atoms with Crippen LogP contribution >= 0.6 is 0 Å². The Labute approximate surface area is 316 Å². The SMILES string of the molecule is CC.CC.CC(=O)Oc1ccc(OC=O)cc1.CC(=O)c1ccc(C(=O)O)cc1.CCC(=O)O.COc1ccc(OC(=O)c2ccc(C(C)=O)cc2)cc1.[2HH]. The lowest BCUT2D eigenvalue weighted by Gasteiger charge is -2.05. The summed E-state index contributed by atoms with van der Waals surface area (Å²) in [6, 6.07) is 25.1. The number of carbonyl (C=O) groups is 7. The monoisotopic (exact) mass is 751 g/mol. The zero-order valence-corrected chi connectivity index (χ0v) is 31.9. The largest absolute Gasteiger partial charge is 0.497 e. The summed E-state index contributed by atoms with van der Waals surface area (Å²) < 4.78 is 19.6. The summed E-state index contributed by atoms with van der Waals surface area (Å²) in [6.07, 6.45) is 0.222. The van der Waals surface area contributed by atoms with Gasteiger partial charge in [0.15, 0.2) is 11.6 Å². The van der Waals surface area contributed by atoms with Crippen molar-refractivity contribution >= 4 is 41.9 Å². The van der Waals surface area contributed by atoms with Crippen LogP contribution in [-0.2, 0) is 14.4 Å². The van der Waals surface area contributed by atoms with Crippen LogP contribution in [0.4, 0.5) is 0 Å². The van der Waals surface area contributed by atoms with Crippen molar-refractivity contribution < 1.29 is 64.1 Å². The number of carboxylic acid groups (broad SMARTS) is 2. The van der Waals surface area contributed by atoms with Crippen molar-refractivity contribution in [3.63, 3.8) is 0 Å². The van der Waals surface area contributed by atoms with Crippen molar-refractivity contribution in [2.75, 3.05) is 7.11 Å². The minimum atomic E-state index is -0.981. The fraction of sp³-hybridized carbons (Fsp3) is 0.244. The Morgan fingerprint density at radius 3 is 1.20 bits per heavy atom. The van der Waals surface area contributed by atoms with Gasteiger partial charge in [0, 0.05) is 25.9 Å². The highest BCUT2D eigenvalue weighted by molar-refractivity contribution is 5.97. The van der Waals surface area contributed by atoms with E-state index in [9.17, 15) is 33.6 Å². The molecule has 13 heteroatoms. The highest BCUT2D eigenvalue weighted by Crippen LogP contribution is 2.19. The lowest BCUT2D eigenvalue weighted by molar-refractivity contribution is -0.136. The third kappa shape index (κ3) is 21.6. The summed E-state index contributed by atoms with van der Waals surface area (Å²) in [6.45, 7) is 14.2. The highest BCUT2D eigenvalue weighted by Gasteiger charge is 2.09. The third-order valence-electron chi connectivity index (χ3n) is 5.91. The van der Waals surface area contributed by atoms with Crippen LogP contribution in [0.2, 0.25) is 0 Å². The Morgan fingerprint density at radius 1 is 0.556 bits per heavy atom. The first kappa shape index (κ1) is 49.5. The standard InChI is InChI=1S/C16H14O4.C9H8O4.C9H8O3.C3H6O2.2C2H6.H2/c1-11(17)12-3-5-13(6-4-12)16(18)20-15-9-7-14(19-2)8-10-15;1-7(11)13-9-4-2-8(3-5-9)12-6-10;1-6(10)7-2-4-8(5-3-7)9(11)12;1-2-3(4)5;2*1-2;/h3-10H,1-2H3;2-6H,1H3;2-5H,1H3,(H,11,12);2H2,1H3,(H,4,5);2*1-2H3;1H/i;;;;;;1+1. The van der Waals surface area contributed by atoms with Gasteiger partial charge in [0.25, 0.3) is 6.47 Å². The molecule has 0 atom stereocenters. The Bertz CT molecular complexity index is 1700. The van der Waals surface area contributed by atoms with Gasteiger partial charge < -0.3 is 29.2 Å². The van der Waals surface area contributed by atoms with E-state index in [4.69, 9.17) is 24.4 Å². The second-order valence-corrected chi connectivity index (χ2v) is 9.66. The van der Waals surface area contributed by atoms with E-state index in [1.807, 2.05) is 27.7 Å². The molecule has 2 N–H and O–H groups in total. The number of aromatic carboxylic acids is 1. The van der Waals surface area contributed by atoms with E-state index in [1.165, 1.54) is 57.2 Å². The average molecular weight is 752 g/mol. The van der Waals surface area contributed by atoms with Crippen LogP contribution in [0.1, 0.15) is 105 Å². The first-order chi connectivity index (χ1) is 25.7. The highest BCUT2D eigenvalue weighted by atomic mass is 16.5. The Hall–Kier alpha value is -6.63. The summed E-state index contributed by atoms with van der Waals surface area (Å²) in [5, 5.41) is 16.3. The van der Waals surface area contributed by atoms with Gasteiger partial charge >= 0.3 is 23.9 Å². The van der Waals surface area contributed by atoms with Gasteiger partial charge in [0.1, 0.15) is 23.0 Å². The number of carboxylic acids is 2. The van der Waals surface area contributed by atoms with E-state index >= 15 is 0 Å². The number of aliphatic carboxylic acids is 1. The van der Waals surface area contributed by atoms with E-state index in [-0.39, 0.29) is 30.9 Å². The Kier molecular flexibility index (Phi) is 26.6. The van der Waals surface area contributed by atoms with Crippen LogP contribution in [0.25, 0.3) is 0 Å². The molecular formula is C41H50O13. The second-order valence-electron chi connectivity index (χ2n) is 9.66. The van der Waals surface area contributed by atoms with Crippen molar-refractivity contribution in [1.82, 2.24) is 0 Å². The summed E-state index contributed by atoms with van der Waals surface area (Å²) in [5.41, 5.74) is 1.68. The molecule has 0 aliphatic rings. The smallest absolute Gasteiger partial charge is 0.343 e. The number of methoxy groups -OCH3 is 1. The normalized spacial score (nSPS) is 8.83. The molecule has 0 amide bonds. The number of ether oxygens (including phenoxy) is 4. The number of rotatable bonds is 10. The van der Waals surface area contributed by atoms with E-state index in [1.54, 1.807) is 74.7 Å². The molecule has 13 nitrogen and oxygen atoms in total. The van der Waals surface area contributed by atoms with Gasteiger partial charge in [-0.3, -0.25) is 24.0 Å². The molecule has 0 saturated heterocycles. The fourth-order valence-electron chi connectivity index (χ4n) is 3.31. The van der Waals surface area contributed by atoms with Crippen LogP contribution in [0.5, 0.6) is 23.0 Å². The Morgan fingerprint density at radius 2 is 0.889 bits per heavy atom. The van der Waals surface area contributed by atoms with E-state index in [0.717, 1.165) is 0 Å². The minimum absolute atomic E-state index is 0. The predicted octanol–water partition coefficient (Wildman–Crippen LogP) is 8.63. The molecule has 0 heterocycles. The molecule has 0 bridgehead atoms. The molecule has 0 unspecified atom stereocenters. The van der Waals surface area contributed by atoms with Gasteiger partial charge in [-0.1, -0.05) is 58.9 Å². The molecule has 0 aromatic heterocycles. The summed E-state index contributed by atoms with van der Waals surface area (Å²) >= 11 is 0. The summed E-state index contributed by atoms with van der Waals surface area (Å²) in [4.78, 5) is 74.0. The summed E-state index contributed by atoms with van der Waals surface area (Å²) in [5.74, 6) is -0.727. The van der Waals surface area contributed by atoms with Crippen LogP contribution in [0.15, 0.2) is 97.1 Å². The maximum atomic E-state index is 11.9. The molecule has 4 rings (SSSR count). The lowest BCUT2D eigenvalue weighted by atomic mass is 10.1. The van der Waals surface area contributed by atoms with Crippen LogP contribution in [0.3, 0.4) is 0 Å². The van der Waals surface area contributed by atoms with Gasteiger partial charge in [-0.05, 0) is 86.6 Å². The number of hydrogen-bond donors (Lipinski definition) is 2. The van der Waals surface area contributed by atoms with Crippen LogP contribution in [0, 0.1) is 0 Å². The van der Waals surface area contributed by atoms with Crippen molar-refractivity contribution in [1.29, 1.82) is 0 Å². The third-order valence-corrected chi connectivity index (χ3v) is 5.91. The number of esters is 2. The van der Waals surface area contributed by atoms with Crippen molar-refractivity contribution in [2.24, 2.45) is 0 Å². The van der Waals surface area contributed by atoms with E-state index in [0.29, 0.717) is 46.2 Å². The minimum Gasteiger partial charge on any atom is -0.497 e. The number of Topliss-reactive ketones (excluding diaryl/α,β-unsaturated/α-hetero) is 2. The molecule has 0 radical (unpaired) electrons. The maximum absolute atomic E-state index is 11.9. The first-order valence-corrected chi connectivity index (χ1v) is 16.6. The molecule has 0 saturated carbocycles. The second kappa shape index (κ2) is 29.0. The summed E-state index contributed by atoms with van der Waals surface area (Å²) in [7, 11) is 1.57. The van der Waals surface area contributed by atoms with Gasteiger partial charge in [0.05, 0.1) is 18.2 Å². The zero-order valence-electron chi connectivity index (χ0n) is 31.9. The van der Waals surface area contributed by atoms with E-state index in [2.05, 4.69) is 4.74 Å². The molecule has 4 aromatic carbocycles. The van der Waals surface area contributed by atoms with Gasteiger partial charge in [0.2, 0.25) is 0 Å². The number of benzene rings is 4. The predicted molar refractivity (Wildman–Crippen MR) is 205 cm³/mol. The number of ketones is 2. The number of hydrogen-bond acceptors (Lipinski definition) is 11. The molecule has 0 fully saturated rings. The fourth-order valence-corrected chi connectivity index (χ4v) is 3.31. The molecule has 54 heavy (non-hydrogen) atoms. The van der Waals surface area contributed by atoms with Crippen molar-refractivity contribution in [3.8, 4) is 23.0 Å². The van der Waals surface area contributed by atoms with Crippen molar-refractivity contribution in [2.45, 2.75) is 61.8 Å². The Balaban J connectivity index is -0.000000679. The zero-order chi connectivity index (χ0) is 41.6. The lowest BCUT2D eigenvalue weighted by Crippen LogP contribution is -2.08. The molecule has 4 aromatic rings. The van der Waals surface area contributed by atoms with Crippen LogP contribution < -0.4 is 18.9 Å². The molecule has 292 valence electrons. The first-order valence-electron chi connectivity index (χ1n) is 16.6. The van der Waals surface area contributed by atoms with E-state index < -0.39 is 17.9 Å². The van der Waals surface area contributed by atoms with Gasteiger partial charge in [-0.2, -0.15) is 0 Å². The maximum Gasteiger partial charge on any atom is 0.343 e.